The van der Waals surface area contributed by atoms with Gasteiger partial charge in [-0.1, -0.05) is 53.5 Å². The zero-order chi connectivity index (χ0) is 19.1. The van der Waals surface area contributed by atoms with E-state index in [1.165, 1.54) is 0 Å². The Morgan fingerprint density at radius 3 is 2.59 bits per heavy atom. The Morgan fingerprint density at radius 1 is 1.15 bits per heavy atom. The largest absolute Gasteiger partial charge is 0.452 e. The van der Waals surface area contributed by atoms with Crippen LogP contribution in [-0.4, -0.2) is 11.9 Å². The number of anilines is 1. The topological polar surface area (TPSA) is 74.6 Å². The van der Waals surface area contributed by atoms with Gasteiger partial charge < -0.3 is 10.5 Å². The summed E-state index contributed by atoms with van der Waals surface area (Å²) in [7, 11) is 0. The number of ether oxygens (including phenoxy) is 1. The van der Waals surface area contributed by atoms with Crippen molar-refractivity contribution in [2.75, 3.05) is 5.01 Å². The molecule has 4 rings (SSSR count). The number of hydrogen-bond donors (Lipinski definition) is 1. The molecule has 3 atom stereocenters. The van der Waals surface area contributed by atoms with Crippen molar-refractivity contribution in [3.05, 3.63) is 75.6 Å². The molecule has 0 fully saturated rings. The third-order valence-electron chi connectivity index (χ3n) is 4.94. The third-order valence-corrected chi connectivity index (χ3v) is 5.77. The Kier molecular flexibility index (Phi) is 4.47. The van der Waals surface area contributed by atoms with Gasteiger partial charge in [0.15, 0.2) is 0 Å². The van der Waals surface area contributed by atoms with Gasteiger partial charge in [-0.3, -0.25) is 0 Å². The van der Waals surface area contributed by atoms with Gasteiger partial charge >= 0.3 is 0 Å². The fraction of sp³-hybridized carbons (Fsp3) is 0.200. The molecule has 0 aromatic heterocycles. The van der Waals surface area contributed by atoms with Gasteiger partial charge in [-0.05, 0) is 30.7 Å². The van der Waals surface area contributed by atoms with Crippen molar-refractivity contribution in [3.63, 3.8) is 0 Å². The second-order valence-corrected chi connectivity index (χ2v) is 7.25. The number of rotatable bonds is 2. The SMILES string of the molecule is CC1=NN(c2ccccc2)[C@@H]2OC(N)=C(C#N)[C@@H](c3cccc(Cl)c3Cl)[C@H]12. The molecule has 2 aromatic carbocycles. The first kappa shape index (κ1) is 17.7. The molecule has 0 unspecified atom stereocenters. The summed E-state index contributed by atoms with van der Waals surface area (Å²) < 4.78 is 5.94. The zero-order valence-electron chi connectivity index (χ0n) is 14.4. The Morgan fingerprint density at radius 2 is 1.89 bits per heavy atom. The van der Waals surface area contributed by atoms with Crippen LogP contribution >= 0.6 is 23.2 Å². The average molecular weight is 399 g/mol. The van der Waals surface area contributed by atoms with Crippen LogP contribution in [0.1, 0.15) is 18.4 Å². The number of para-hydroxylation sites is 1. The summed E-state index contributed by atoms with van der Waals surface area (Å²) in [5, 5.41) is 17.1. The van der Waals surface area contributed by atoms with Crippen molar-refractivity contribution in [2.45, 2.75) is 19.1 Å². The summed E-state index contributed by atoms with van der Waals surface area (Å²) in [4.78, 5) is 0. The number of allylic oxidation sites excluding steroid dienone is 1. The molecule has 2 N–H and O–H groups in total. The Hall–Kier alpha value is -2.68. The number of nitrogens with two attached hydrogens (primary N) is 1. The zero-order valence-corrected chi connectivity index (χ0v) is 15.9. The van der Waals surface area contributed by atoms with Crippen LogP contribution in [0.2, 0.25) is 10.0 Å². The quantitative estimate of drug-likeness (QED) is 0.799. The van der Waals surface area contributed by atoms with Gasteiger partial charge in [0.1, 0.15) is 6.07 Å². The fourth-order valence-electron chi connectivity index (χ4n) is 3.73. The lowest BCUT2D eigenvalue weighted by Crippen LogP contribution is -2.44. The number of hydrogen-bond acceptors (Lipinski definition) is 5. The van der Waals surface area contributed by atoms with E-state index in [1.54, 1.807) is 11.1 Å². The van der Waals surface area contributed by atoms with Crippen LogP contribution in [0.25, 0.3) is 0 Å². The fourth-order valence-corrected chi connectivity index (χ4v) is 4.15. The molecule has 2 aliphatic heterocycles. The number of fused-ring (bicyclic) bond motifs is 1. The maximum Gasteiger partial charge on any atom is 0.202 e. The molecule has 7 heteroatoms. The number of halogens is 2. The van der Waals surface area contributed by atoms with E-state index in [4.69, 9.17) is 38.8 Å². The van der Waals surface area contributed by atoms with E-state index in [2.05, 4.69) is 6.07 Å². The van der Waals surface area contributed by atoms with Gasteiger partial charge in [-0.25, -0.2) is 5.01 Å². The van der Waals surface area contributed by atoms with E-state index in [1.807, 2.05) is 49.4 Å². The molecule has 27 heavy (non-hydrogen) atoms. The van der Waals surface area contributed by atoms with Crippen LogP contribution in [0.4, 0.5) is 5.69 Å². The number of nitriles is 1. The Bertz CT molecular complexity index is 997. The lowest BCUT2D eigenvalue weighted by Gasteiger charge is -2.37. The highest BCUT2D eigenvalue weighted by molar-refractivity contribution is 6.42. The molecule has 2 aromatic rings. The standard InChI is InChI=1S/C20H16Cl2N4O/c1-11-16-17(13-8-5-9-15(21)18(13)22)14(10-23)19(24)27-20(16)26(25-11)12-6-3-2-4-7-12/h2-9,16-17,20H,24H2,1H3/t16-,17+,20+/m0/s1. The van der Waals surface area contributed by atoms with Crippen molar-refractivity contribution in [3.8, 4) is 6.07 Å². The van der Waals surface area contributed by atoms with Crippen molar-refractivity contribution < 1.29 is 4.74 Å². The molecule has 0 radical (unpaired) electrons. The summed E-state index contributed by atoms with van der Waals surface area (Å²) in [6.07, 6.45) is -0.468. The predicted octanol–water partition coefficient (Wildman–Crippen LogP) is 4.64. The van der Waals surface area contributed by atoms with Crippen molar-refractivity contribution in [2.24, 2.45) is 16.8 Å². The molecule has 0 amide bonds. The normalized spacial score (nSPS) is 24.1. The Balaban J connectivity index is 1.86. The monoisotopic (exact) mass is 398 g/mol. The summed E-state index contributed by atoms with van der Waals surface area (Å²) in [5.41, 5.74) is 8.93. The second-order valence-electron chi connectivity index (χ2n) is 6.47. The predicted molar refractivity (Wildman–Crippen MR) is 106 cm³/mol. The molecule has 0 bridgehead atoms. The van der Waals surface area contributed by atoms with Crippen LogP contribution in [0, 0.1) is 17.2 Å². The average Bonchev–Trinajstić information content (AvgIpc) is 3.00. The van der Waals surface area contributed by atoms with E-state index >= 15 is 0 Å². The lowest BCUT2D eigenvalue weighted by molar-refractivity contribution is 0.0662. The number of benzene rings is 2. The maximum atomic E-state index is 9.75. The van der Waals surface area contributed by atoms with Gasteiger partial charge in [-0.15, -0.1) is 0 Å². The molecule has 2 aliphatic rings. The molecule has 0 aliphatic carbocycles. The van der Waals surface area contributed by atoms with Crippen molar-refractivity contribution >= 4 is 34.6 Å². The number of nitrogens with zero attached hydrogens (tertiary/aromatic N) is 3. The first-order valence-electron chi connectivity index (χ1n) is 8.42. The van der Waals surface area contributed by atoms with Gasteiger partial charge in [0, 0.05) is 11.6 Å². The minimum absolute atomic E-state index is 0.0885. The summed E-state index contributed by atoms with van der Waals surface area (Å²) >= 11 is 12.7. The summed E-state index contributed by atoms with van der Waals surface area (Å²) in [6.45, 7) is 1.92. The highest BCUT2D eigenvalue weighted by Crippen LogP contribution is 2.48. The van der Waals surface area contributed by atoms with Gasteiger partial charge in [0.05, 0.1) is 27.2 Å². The minimum Gasteiger partial charge on any atom is -0.452 e. The lowest BCUT2D eigenvalue weighted by atomic mass is 9.76. The van der Waals surface area contributed by atoms with Crippen molar-refractivity contribution in [1.29, 1.82) is 5.26 Å². The Labute approximate surface area is 167 Å². The molecule has 0 spiro atoms. The molecule has 0 saturated carbocycles. The molecular weight excluding hydrogens is 383 g/mol. The van der Waals surface area contributed by atoms with Crippen LogP contribution < -0.4 is 10.7 Å². The van der Waals surface area contributed by atoms with Gasteiger partial charge in [-0.2, -0.15) is 10.4 Å². The van der Waals surface area contributed by atoms with E-state index in [0.717, 1.165) is 17.0 Å². The van der Waals surface area contributed by atoms with Gasteiger partial charge in [0.2, 0.25) is 12.1 Å². The highest BCUT2D eigenvalue weighted by atomic mass is 35.5. The summed E-state index contributed by atoms with van der Waals surface area (Å²) in [5.74, 6) is -0.522. The maximum absolute atomic E-state index is 9.75. The molecule has 2 heterocycles. The van der Waals surface area contributed by atoms with Crippen LogP contribution in [0.5, 0.6) is 0 Å². The molecular formula is C20H16Cl2N4O. The van der Waals surface area contributed by atoms with Crippen molar-refractivity contribution in [1.82, 2.24) is 0 Å². The molecule has 5 nitrogen and oxygen atoms in total. The third kappa shape index (κ3) is 2.82. The molecule has 0 saturated heterocycles. The second kappa shape index (κ2) is 6.80. The van der Waals surface area contributed by atoms with Crippen LogP contribution in [0.15, 0.2) is 65.1 Å². The highest BCUT2D eigenvalue weighted by Gasteiger charge is 2.49. The van der Waals surface area contributed by atoms with E-state index in [9.17, 15) is 5.26 Å². The van der Waals surface area contributed by atoms with Crippen LogP contribution in [-0.2, 0) is 4.74 Å². The number of hydrazone groups is 1. The van der Waals surface area contributed by atoms with Gasteiger partial charge in [0.25, 0.3) is 0 Å². The van der Waals surface area contributed by atoms with E-state index in [-0.39, 0.29) is 11.8 Å². The van der Waals surface area contributed by atoms with E-state index in [0.29, 0.717) is 15.6 Å². The van der Waals surface area contributed by atoms with E-state index < -0.39 is 12.1 Å². The first-order chi connectivity index (χ1) is 13.0. The summed E-state index contributed by atoms with van der Waals surface area (Å²) in [6, 6.07) is 17.3. The smallest absolute Gasteiger partial charge is 0.202 e. The minimum atomic E-state index is -0.468. The molecule has 136 valence electrons. The first-order valence-corrected chi connectivity index (χ1v) is 9.18. The van der Waals surface area contributed by atoms with Crippen LogP contribution in [0.3, 0.4) is 0 Å².